The van der Waals surface area contributed by atoms with Gasteiger partial charge in [-0.25, -0.2) is 0 Å². The summed E-state index contributed by atoms with van der Waals surface area (Å²) in [7, 11) is -2.92. The zero-order valence-electron chi connectivity index (χ0n) is 22.6. The summed E-state index contributed by atoms with van der Waals surface area (Å²) in [5.41, 5.74) is -0.759. The number of Topliss-reactive ketones (excluding diaryl/α,β-unsaturated/α-hetero) is 2. The molecule has 3 atom stereocenters. The van der Waals surface area contributed by atoms with Crippen LogP contribution in [0.25, 0.3) is 0 Å². The third kappa shape index (κ3) is 4.36. The molecule has 1 aliphatic heterocycles. The molecule has 37 heavy (non-hydrogen) atoms. The standard InChI is InChI=1S/C31H40O5Si/c1-29(2,3)37(24-13-7-5-8-14-24,25-15-9-6-10-16-25)36-26-17-18-27(32)31(30(4)34-20-21-35-30)19-11-12-23(22-31)28(26)33/h5-10,13-16,23,26H,11-12,17-22H2,1-4H3/t23-,26-,31-/m0/s1. The van der Waals surface area contributed by atoms with Crippen LogP contribution >= 0.6 is 0 Å². The van der Waals surface area contributed by atoms with E-state index in [4.69, 9.17) is 13.9 Å². The van der Waals surface area contributed by atoms with Gasteiger partial charge in [0.05, 0.1) is 18.6 Å². The molecule has 3 fully saturated rings. The van der Waals surface area contributed by atoms with Gasteiger partial charge in [-0.15, -0.1) is 0 Å². The van der Waals surface area contributed by atoms with Gasteiger partial charge < -0.3 is 13.9 Å². The Morgan fingerprint density at radius 3 is 2.00 bits per heavy atom. The van der Waals surface area contributed by atoms with Crippen molar-refractivity contribution in [1.82, 2.24) is 0 Å². The van der Waals surface area contributed by atoms with Crippen molar-refractivity contribution in [2.24, 2.45) is 11.3 Å². The number of carbonyl (C=O) groups excluding carboxylic acids is 2. The number of ether oxygens (including phenoxy) is 2. The highest BCUT2D eigenvalue weighted by molar-refractivity contribution is 6.99. The Labute approximate surface area is 222 Å². The molecule has 198 valence electrons. The molecule has 2 aromatic carbocycles. The van der Waals surface area contributed by atoms with Gasteiger partial charge in [0.2, 0.25) is 0 Å². The highest BCUT2D eigenvalue weighted by Crippen LogP contribution is 2.53. The van der Waals surface area contributed by atoms with Crippen molar-refractivity contribution in [3.8, 4) is 0 Å². The molecule has 0 unspecified atom stereocenters. The Balaban J connectivity index is 1.55. The fourth-order valence-electron chi connectivity index (χ4n) is 7.16. The molecular weight excluding hydrogens is 480 g/mol. The number of hydrogen-bond acceptors (Lipinski definition) is 5. The van der Waals surface area contributed by atoms with Crippen LogP contribution in [-0.4, -0.2) is 45.0 Å². The average molecular weight is 521 g/mol. The number of fused-ring (bicyclic) bond motifs is 2. The van der Waals surface area contributed by atoms with Gasteiger partial charge in [-0.05, 0) is 48.0 Å². The molecule has 5 nitrogen and oxygen atoms in total. The van der Waals surface area contributed by atoms with Gasteiger partial charge >= 0.3 is 0 Å². The minimum atomic E-state index is -2.92. The van der Waals surface area contributed by atoms with Crippen molar-refractivity contribution in [1.29, 1.82) is 0 Å². The summed E-state index contributed by atoms with van der Waals surface area (Å²) < 4.78 is 19.4. The van der Waals surface area contributed by atoms with Crippen LogP contribution in [0.1, 0.15) is 66.2 Å². The number of carbonyl (C=O) groups is 2. The Morgan fingerprint density at radius 1 is 0.892 bits per heavy atom. The first kappa shape index (κ1) is 26.5. The Hall–Kier alpha value is -2.12. The molecule has 0 aromatic heterocycles. The SMILES string of the molecule is CC1([C@@]23CCC[C@@H](C2)C(=O)[C@@H](O[Si](c2ccccc2)(c2ccccc2)C(C)(C)C)CCC3=O)OCCO1. The number of ketones is 2. The fraction of sp³-hybridized carbons (Fsp3) is 0.548. The molecule has 0 N–H and O–H groups in total. The molecule has 0 amide bonds. The number of benzene rings is 2. The molecule has 0 radical (unpaired) electrons. The molecule has 0 spiro atoms. The van der Waals surface area contributed by atoms with Crippen molar-refractivity contribution < 1.29 is 23.5 Å². The third-order valence-electron chi connectivity index (χ3n) is 9.08. The van der Waals surface area contributed by atoms with Gasteiger partial charge in [0, 0.05) is 12.3 Å². The summed E-state index contributed by atoms with van der Waals surface area (Å²) in [5.74, 6) is -0.878. The van der Waals surface area contributed by atoms with Crippen LogP contribution in [0.4, 0.5) is 0 Å². The van der Waals surface area contributed by atoms with Gasteiger partial charge in [0.25, 0.3) is 8.32 Å². The lowest BCUT2D eigenvalue weighted by Crippen LogP contribution is -2.68. The van der Waals surface area contributed by atoms with E-state index in [1.807, 2.05) is 19.1 Å². The first-order valence-electron chi connectivity index (χ1n) is 13.8. The van der Waals surface area contributed by atoms with Crippen molar-refractivity contribution >= 4 is 30.3 Å². The third-order valence-corrected chi connectivity index (χ3v) is 14.1. The van der Waals surface area contributed by atoms with Crippen molar-refractivity contribution in [3.63, 3.8) is 0 Å². The van der Waals surface area contributed by atoms with Crippen molar-refractivity contribution in [2.45, 2.75) is 83.1 Å². The van der Waals surface area contributed by atoms with Crippen LogP contribution in [0.2, 0.25) is 5.04 Å². The summed E-state index contributed by atoms with van der Waals surface area (Å²) in [4.78, 5) is 28.2. The number of rotatable bonds is 5. The van der Waals surface area contributed by atoms with Gasteiger partial charge in [-0.3, -0.25) is 9.59 Å². The highest BCUT2D eigenvalue weighted by atomic mass is 28.4. The smallest absolute Gasteiger partial charge is 0.262 e. The molecule has 2 bridgehead atoms. The molecule has 1 saturated heterocycles. The summed E-state index contributed by atoms with van der Waals surface area (Å²) in [5, 5.41) is 2.05. The lowest BCUT2D eigenvalue weighted by atomic mass is 9.59. The zero-order valence-corrected chi connectivity index (χ0v) is 23.6. The molecule has 1 heterocycles. The maximum Gasteiger partial charge on any atom is 0.262 e. The molecule has 3 aliphatic rings. The van der Waals surface area contributed by atoms with E-state index in [0.29, 0.717) is 38.9 Å². The maximum atomic E-state index is 14.2. The normalized spacial score (nSPS) is 28.5. The molecule has 6 heteroatoms. The minimum absolute atomic E-state index is 0.145. The molecular formula is C31H40O5Si. The predicted molar refractivity (Wildman–Crippen MR) is 146 cm³/mol. The monoisotopic (exact) mass is 520 g/mol. The van der Waals surface area contributed by atoms with E-state index < -0.39 is 25.6 Å². The average Bonchev–Trinajstić information content (AvgIpc) is 3.36. The first-order valence-corrected chi connectivity index (χ1v) is 15.7. The lowest BCUT2D eigenvalue weighted by Gasteiger charge is -2.50. The van der Waals surface area contributed by atoms with Crippen LogP contribution in [-0.2, 0) is 23.5 Å². The Bertz CT molecular complexity index is 1080. The summed E-state index contributed by atoms with van der Waals surface area (Å²) in [6.07, 6.45) is 2.88. The minimum Gasteiger partial charge on any atom is -0.397 e. The second-order valence-electron chi connectivity index (χ2n) is 12.2. The Morgan fingerprint density at radius 2 is 1.46 bits per heavy atom. The van der Waals surface area contributed by atoms with E-state index in [9.17, 15) is 9.59 Å². The second kappa shape index (κ2) is 9.88. The molecule has 2 aromatic rings. The zero-order chi connectivity index (χ0) is 26.3. The molecule has 2 aliphatic carbocycles. The van der Waals surface area contributed by atoms with Gasteiger partial charge in [0.1, 0.15) is 11.9 Å². The van der Waals surface area contributed by atoms with Gasteiger partial charge in [-0.2, -0.15) is 0 Å². The van der Waals surface area contributed by atoms with Crippen molar-refractivity contribution in [2.75, 3.05) is 13.2 Å². The quantitative estimate of drug-likeness (QED) is 0.530. The van der Waals surface area contributed by atoms with E-state index in [0.717, 1.165) is 23.2 Å². The van der Waals surface area contributed by atoms with Gasteiger partial charge in [0.15, 0.2) is 11.6 Å². The van der Waals surface area contributed by atoms with Crippen LogP contribution in [0.5, 0.6) is 0 Å². The lowest BCUT2D eigenvalue weighted by molar-refractivity contribution is -0.234. The molecule has 5 rings (SSSR count). The van der Waals surface area contributed by atoms with Crippen LogP contribution in [0.15, 0.2) is 60.7 Å². The van der Waals surface area contributed by atoms with E-state index >= 15 is 0 Å². The van der Waals surface area contributed by atoms with Crippen LogP contribution < -0.4 is 10.4 Å². The number of hydrogen-bond donors (Lipinski definition) is 0. The van der Waals surface area contributed by atoms with Crippen LogP contribution in [0.3, 0.4) is 0 Å². The molecule has 2 saturated carbocycles. The van der Waals surface area contributed by atoms with E-state index in [2.05, 4.69) is 69.3 Å². The fourth-order valence-corrected chi connectivity index (χ4v) is 11.8. The predicted octanol–water partition coefficient (Wildman–Crippen LogP) is 4.80. The van der Waals surface area contributed by atoms with E-state index in [1.54, 1.807) is 0 Å². The first-order chi connectivity index (χ1) is 17.6. The second-order valence-corrected chi connectivity index (χ2v) is 16.4. The van der Waals surface area contributed by atoms with E-state index in [-0.39, 0.29) is 22.5 Å². The van der Waals surface area contributed by atoms with E-state index in [1.165, 1.54) is 0 Å². The van der Waals surface area contributed by atoms with Crippen LogP contribution in [0, 0.1) is 11.3 Å². The van der Waals surface area contributed by atoms with Gasteiger partial charge in [-0.1, -0.05) is 87.9 Å². The topological polar surface area (TPSA) is 61.8 Å². The summed E-state index contributed by atoms with van der Waals surface area (Å²) in [6.45, 7) is 9.55. The van der Waals surface area contributed by atoms with Crippen molar-refractivity contribution in [3.05, 3.63) is 60.7 Å². The summed E-state index contributed by atoms with van der Waals surface area (Å²) in [6, 6.07) is 20.8. The Kier molecular flexibility index (Phi) is 7.07. The highest BCUT2D eigenvalue weighted by Gasteiger charge is 2.61. The summed E-state index contributed by atoms with van der Waals surface area (Å²) >= 11 is 0. The largest absolute Gasteiger partial charge is 0.397 e. The maximum absolute atomic E-state index is 14.2.